The van der Waals surface area contributed by atoms with Crippen molar-refractivity contribution in [1.82, 2.24) is 4.57 Å². The molecule has 0 atom stereocenters. The lowest BCUT2D eigenvalue weighted by atomic mass is 9.70. The first-order valence-corrected chi connectivity index (χ1v) is 22.9. The average Bonchev–Trinajstić information content (AvgIpc) is 3.85. The Balaban J connectivity index is 1.25. The Labute approximate surface area is 377 Å². The predicted molar refractivity (Wildman–Crippen MR) is 272 cm³/mol. The highest BCUT2D eigenvalue weighted by molar-refractivity contribution is 6.11. The van der Waals surface area contributed by atoms with Crippen molar-refractivity contribution in [2.75, 3.05) is 4.90 Å². The molecule has 2 heteroatoms. The van der Waals surface area contributed by atoms with E-state index in [1.54, 1.807) is 0 Å². The number of aromatic nitrogens is 1. The van der Waals surface area contributed by atoms with Gasteiger partial charge in [-0.15, -0.1) is 0 Å². The van der Waals surface area contributed by atoms with Gasteiger partial charge in [0.2, 0.25) is 0 Å². The molecule has 310 valence electrons. The molecule has 9 aromatic carbocycles. The van der Waals surface area contributed by atoms with E-state index in [1.165, 1.54) is 99.5 Å². The summed E-state index contributed by atoms with van der Waals surface area (Å²) in [7, 11) is 0. The Morgan fingerprint density at radius 3 is 1.69 bits per heavy atom. The van der Waals surface area contributed by atoms with Crippen LogP contribution in [0.3, 0.4) is 0 Å². The van der Waals surface area contributed by atoms with Crippen LogP contribution >= 0.6 is 0 Å². The zero-order chi connectivity index (χ0) is 43.7. The van der Waals surface area contributed by atoms with Gasteiger partial charge >= 0.3 is 0 Å². The van der Waals surface area contributed by atoms with Crippen LogP contribution in [-0.4, -0.2) is 4.57 Å². The second-order valence-corrected chi connectivity index (χ2v) is 20.2. The monoisotopic (exact) mass is 824 g/mol. The first-order valence-electron chi connectivity index (χ1n) is 22.9. The highest BCUT2D eigenvalue weighted by atomic mass is 15.2. The van der Waals surface area contributed by atoms with Crippen LogP contribution in [0.25, 0.3) is 71.6 Å². The van der Waals surface area contributed by atoms with Gasteiger partial charge in [-0.05, 0) is 126 Å². The Kier molecular flexibility index (Phi) is 8.23. The maximum absolute atomic E-state index is 2.66. The van der Waals surface area contributed by atoms with Gasteiger partial charge in [0, 0.05) is 38.7 Å². The normalized spacial score (nSPS) is 14.4. The van der Waals surface area contributed by atoms with E-state index >= 15 is 0 Å². The summed E-state index contributed by atoms with van der Waals surface area (Å²) in [4.78, 5) is 2.66. The van der Waals surface area contributed by atoms with Crippen molar-refractivity contribution < 1.29 is 0 Å². The largest absolute Gasteiger partial charge is 0.310 e. The molecule has 0 fully saturated rings. The van der Waals surface area contributed by atoms with E-state index in [4.69, 9.17) is 0 Å². The fraction of sp³-hybridized carbons (Fsp3) is 0.161. The zero-order valence-corrected chi connectivity index (χ0v) is 37.8. The van der Waals surface area contributed by atoms with Gasteiger partial charge in [-0.2, -0.15) is 0 Å². The molecule has 10 aromatic rings. The van der Waals surface area contributed by atoms with Gasteiger partial charge in [0.1, 0.15) is 0 Å². The van der Waals surface area contributed by atoms with Crippen molar-refractivity contribution in [3.05, 3.63) is 216 Å². The minimum Gasteiger partial charge on any atom is -0.310 e. The summed E-state index contributed by atoms with van der Waals surface area (Å²) in [5, 5.41) is 4.99. The van der Waals surface area contributed by atoms with Crippen LogP contribution in [0.2, 0.25) is 0 Å². The fourth-order valence-electron chi connectivity index (χ4n) is 11.8. The van der Waals surface area contributed by atoms with E-state index in [9.17, 15) is 0 Å². The van der Waals surface area contributed by atoms with Crippen LogP contribution in [-0.2, 0) is 16.2 Å². The topological polar surface area (TPSA) is 8.17 Å². The minimum atomic E-state index is -0.307. The number of para-hydroxylation sites is 2. The molecular formula is C62H52N2. The van der Waals surface area contributed by atoms with Gasteiger partial charge < -0.3 is 9.47 Å². The molecule has 0 aliphatic heterocycles. The molecule has 1 heterocycles. The molecule has 0 radical (unpaired) electrons. The summed E-state index contributed by atoms with van der Waals surface area (Å²) >= 11 is 0. The van der Waals surface area contributed by atoms with E-state index in [0.717, 1.165) is 17.1 Å². The number of anilines is 3. The molecule has 0 spiro atoms. The Hall–Kier alpha value is -7.16. The van der Waals surface area contributed by atoms with E-state index in [2.05, 4.69) is 246 Å². The van der Waals surface area contributed by atoms with Gasteiger partial charge in [0.25, 0.3) is 0 Å². The van der Waals surface area contributed by atoms with Crippen LogP contribution in [0.15, 0.2) is 188 Å². The van der Waals surface area contributed by atoms with Crippen molar-refractivity contribution in [2.24, 2.45) is 0 Å². The smallest absolute Gasteiger partial charge is 0.0561 e. The quantitative estimate of drug-likeness (QED) is 0.168. The summed E-state index contributed by atoms with van der Waals surface area (Å²) in [5.41, 5.74) is 21.2. The summed E-state index contributed by atoms with van der Waals surface area (Å²) in [6.45, 7) is 17.1. The fourth-order valence-corrected chi connectivity index (χ4v) is 11.8. The van der Waals surface area contributed by atoms with Crippen molar-refractivity contribution >= 4 is 49.6 Å². The molecule has 1 aromatic heterocycles. The molecule has 12 rings (SSSR count). The van der Waals surface area contributed by atoms with Crippen molar-refractivity contribution in [2.45, 2.75) is 64.7 Å². The van der Waals surface area contributed by atoms with Crippen LogP contribution in [0.1, 0.15) is 76.3 Å². The maximum atomic E-state index is 2.66. The number of hydrogen-bond acceptors (Lipinski definition) is 1. The second kappa shape index (κ2) is 13.7. The van der Waals surface area contributed by atoms with Gasteiger partial charge in [0.15, 0.2) is 0 Å². The van der Waals surface area contributed by atoms with Crippen LogP contribution in [0, 0.1) is 0 Å². The summed E-state index contributed by atoms with van der Waals surface area (Å²) in [6.07, 6.45) is 0. The number of hydrogen-bond donors (Lipinski definition) is 0. The first kappa shape index (κ1) is 38.5. The van der Waals surface area contributed by atoms with Gasteiger partial charge in [-0.3, -0.25) is 0 Å². The third kappa shape index (κ3) is 5.45. The number of fused-ring (bicyclic) bond motifs is 10. The minimum absolute atomic E-state index is 0.149. The molecule has 2 nitrogen and oxygen atoms in total. The molecule has 0 bridgehead atoms. The molecule has 0 N–H and O–H groups in total. The summed E-state index contributed by atoms with van der Waals surface area (Å²) in [5.74, 6) is 0. The van der Waals surface area contributed by atoms with Gasteiger partial charge in [-0.25, -0.2) is 0 Å². The lowest BCUT2D eigenvalue weighted by molar-refractivity contribution is 0.587. The SMILES string of the molecule is CC(C)(C)c1c2c(c(N(c3cccc(-c4ccc5ccccc5c4)c3)c3ccc4c5ccccc5n(-c5ccccc5)c4c3)c3c1-c1ccccc1C3(C)C)C(C)(C)c1ccccc1-2. The lowest BCUT2D eigenvalue weighted by Gasteiger charge is -2.39. The van der Waals surface area contributed by atoms with Crippen LogP contribution < -0.4 is 4.90 Å². The lowest BCUT2D eigenvalue weighted by Crippen LogP contribution is -2.27. The standard InChI is InChI=1S/C62H52N2/c1-60(2,3)56-54-48-27-13-16-29-50(48)61(4,5)57(54)59(58-55(56)49-28-14-17-30-51(49)62(58,6)7)63(44-25-19-22-41(37-44)42-33-32-39-20-11-12-21-40(39)36-42)45-34-35-47-46-26-15-18-31-52(46)64(53(47)38-45)43-23-9-8-10-24-43/h8-38H,1-7H3. The Morgan fingerprint density at radius 2 is 1.00 bits per heavy atom. The second-order valence-electron chi connectivity index (χ2n) is 20.2. The van der Waals surface area contributed by atoms with Crippen molar-refractivity contribution in [1.29, 1.82) is 0 Å². The number of nitrogens with zero attached hydrogens (tertiary/aromatic N) is 2. The highest BCUT2D eigenvalue weighted by Crippen LogP contribution is 2.65. The van der Waals surface area contributed by atoms with E-state index < -0.39 is 0 Å². The Bertz CT molecular complexity index is 3450. The molecule has 0 amide bonds. The predicted octanol–water partition coefficient (Wildman–Crippen LogP) is 17.0. The van der Waals surface area contributed by atoms with Crippen LogP contribution in [0.4, 0.5) is 17.1 Å². The summed E-state index contributed by atoms with van der Waals surface area (Å²) in [6, 6.07) is 70.3. The molecule has 2 aliphatic carbocycles. The first-order chi connectivity index (χ1) is 30.9. The zero-order valence-electron chi connectivity index (χ0n) is 37.8. The number of benzene rings is 9. The van der Waals surface area contributed by atoms with Gasteiger partial charge in [0.05, 0.1) is 16.7 Å². The third-order valence-corrected chi connectivity index (χ3v) is 14.6. The van der Waals surface area contributed by atoms with Crippen molar-refractivity contribution in [3.8, 4) is 39.1 Å². The Morgan fingerprint density at radius 1 is 0.438 bits per heavy atom. The molecule has 0 unspecified atom stereocenters. The average molecular weight is 825 g/mol. The van der Waals surface area contributed by atoms with Crippen LogP contribution in [0.5, 0.6) is 0 Å². The van der Waals surface area contributed by atoms with E-state index in [1.807, 2.05) is 0 Å². The molecule has 0 saturated carbocycles. The molecule has 0 saturated heterocycles. The molecule has 2 aliphatic rings. The molecular weight excluding hydrogens is 773 g/mol. The third-order valence-electron chi connectivity index (χ3n) is 14.6. The highest BCUT2D eigenvalue weighted by Gasteiger charge is 2.50. The van der Waals surface area contributed by atoms with Gasteiger partial charge in [-0.1, -0.05) is 188 Å². The maximum Gasteiger partial charge on any atom is 0.0561 e. The number of rotatable bonds is 5. The van der Waals surface area contributed by atoms with E-state index in [0.29, 0.717) is 0 Å². The summed E-state index contributed by atoms with van der Waals surface area (Å²) < 4.78 is 2.45. The van der Waals surface area contributed by atoms with Crippen molar-refractivity contribution in [3.63, 3.8) is 0 Å². The molecule has 64 heavy (non-hydrogen) atoms. The van der Waals surface area contributed by atoms with E-state index in [-0.39, 0.29) is 16.2 Å².